The van der Waals surface area contributed by atoms with Crippen LogP contribution in [0.5, 0.6) is 0 Å². The molecule has 0 aliphatic rings. The molecule has 0 aliphatic heterocycles. The smallest absolute Gasteiger partial charge is 0.354 e. The van der Waals surface area contributed by atoms with Gasteiger partial charge in [-0.1, -0.05) is 6.07 Å². The highest BCUT2D eigenvalue weighted by Crippen LogP contribution is 2.04. The lowest BCUT2D eigenvalue weighted by atomic mass is 10.3. The minimum atomic E-state index is -1.24. The standard InChI is InChI=1S/C9H7N3O3/c10-6-2-1-3-7-11-5(9(14)15)4-8(13)12(6)7/h1-4H,10H2,(H,14,15). The van der Waals surface area contributed by atoms with Crippen LogP contribution in [0.25, 0.3) is 5.65 Å². The van der Waals surface area contributed by atoms with Gasteiger partial charge in [-0.3, -0.25) is 4.79 Å². The first-order valence-electron chi connectivity index (χ1n) is 4.11. The minimum Gasteiger partial charge on any atom is -0.477 e. The lowest BCUT2D eigenvalue weighted by Crippen LogP contribution is -2.19. The number of aromatic carboxylic acids is 1. The molecule has 0 saturated heterocycles. The summed E-state index contributed by atoms with van der Waals surface area (Å²) in [6.45, 7) is 0. The Morgan fingerprint density at radius 2 is 2.20 bits per heavy atom. The van der Waals surface area contributed by atoms with Crippen LogP contribution in [-0.4, -0.2) is 20.5 Å². The van der Waals surface area contributed by atoms with Crippen molar-refractivity contribution in [2.45, 2.75) is 0 Å². The Morgan fingerprint density at radius 3 is 2.87 bits per heavy atom. The maximum atomic E-state index is 11.5. The summed E-state index contributed by atoms with van der Waals surface area (Å²) in [7, 11) is 0. The Labute approximate surface area is 83.6 Å². The van der Waals surface area contributed by atoms with Crippen molar-refractivity contribution in [2.24, 2.45) is 0 Å². The van der Waals surface area contributed by atoms with E-state index < -0.39 is 11.5 Å². The maximum absolute atomic E-state index is 11.5. The van der Waals surface area contributed by atoms with Crippen LogP contribution in [0.2, 0.25) is 0 Å². The number of nitrogens with two attached hydrogens (primary N) is 1. The third-order valence-electron chi connectivity index (χ3n) is 1.93. The summed E-state index contributed by atoms with van der Waals surface area (Å²) in [4.78, 5) is 25.9. The SMILES string of the molecule is Nc1cccc2nc(C(=O)O)cc(=O)n12. The van der Waals surface area contributed by atoms with E-state index in [0.29, 0.717) is 0 Å². The van der Waals surface area contributed by atoms with Crippen molar-refractivity contribution in [1.29, 1.82) is 0 Å². The second-order valence-electron chi connectivity index (χ2n) is 2.93. The van der Waals surface area contributed by atoms with Crippen LogP contribution in [-0.2, 0) is 0 Å². The van der Waals surface area contributed by atoms with Crippen LogP contribution < -0.4 is 11.3 Å². The highest BCUT2D eigenvalue weighted by atomic mass is 16.4. The first-order chi connectivity index (χ1) is 7.09. The Hall–Kier alpha value is -2.37. The molecule has 0 fully saturated rings. The summed E-state index contributed by atoms with van der Waals surface area (Å²) < 4.78 is 1.15. The molecule has 0 unspecified atom stereocenters. The van der Waals surface area contributed by atoms with Gasteiger partial charge in [-0.15, -0.1) is 0 Å². The van der Waals surface area contributed by atoms with Gasteiger partial charge in [0.2, 0.25) is 0 Å². The zero-order valence-corrected chi connectivity index (χ0v) is 7.54. The topological polar surface area (TPSA) is 97.7 Å². The van der Waals surface area contributed by atoms with Crippen LogP contribution in [0.3, 0.4) is 0 Å². The summed E-state index contributed by atoms with van der Waals surface area (Å²) in [6, 6.07) is 5.59. The van der Waals surface area contributed by atoms with Gasteiger partial charge in [0.05, 0.1) is 0 Å². The quantitative estimate of drug-likeness (QED) is 0.681. The van der Waals surface area contributed by atoms with Crippen LogP contribution in [0.15, 0.2) is 29.1 Å². The van der Waals surface area contributed by atoms with Crippen LogP contribution in [0.1, 0.15) is 10.5 Å². The molecule has 0 aromatic carbocycles. The van der Waals surface area contributed by atoms with Crippen molar-refractivity contribution in [3.63, 3.8) is 0 Å². The van der Waals surface area contributed by atoms with E-state index >= 15 is 0 Å². The molecule has 15 heavy (non-hydrogen) atoms. The number of aromatic nitrogens is 2. The van der Waals surface area contributed by atoms with Crippen LogP contribution >= 0.6 is 0 Å². The van der Waals surface area contributed by atoms with Crippen molar-refractivity contribution in [2.75, 3.05) is 5.73 Å². The van der Waals surface area contributed by atoms with E-state index in [1.54, 1.807) is 6.07 Å². The molecular formula is C9H7N3O3. The summed E-state index contributed by atoms with van der Waals surface area (Å²) in [6.07, 6.45) is 0. The number of hydrogen-bond acceptors (Lipinski definition) is 4. The molecule has 0 atom stereocenters. The number of rotatable bonds is 1. The first kappa shape index (κ1) is 9.20. The molecule has 0 spiro atoms. The summed E-state index contributed by atoms with van der Waals surface area (Å²) in [5.41, 5.74) is 4.99. The lowest BCUT2D eigenvalue weighted by Gasteiger charge is -2.03. The van der Waals surface area contributed by atoms with Gasteiger partial charge in [-0.2, -0.15) is 0 Å². The van der Waals surface area contributed by atoms with E-state index in [4.69, 9.17) is 10.8 Å². The van der Waals surface area contributed by atoms with Crippen molar-refractivity contribution < 1.29 is 9.90 Å². The van der Waals surface area contributed by atoms with Crippen LogP contribution in [0, 0.1) is 0 Å². The maximum Gasteiger partial charge on any atom is 0.354 e. The normalized spacial score (nSPS) is 10.4. The number of hydrogen-bond donors (Lipinski definition) is 2. The van der Waals surface area contributed by atoms with Gasteiger partial charge in [0.1, 0.15) is 11.5 Å². The molecule has 2 rings (SSSR count). The molecule has 6 nitrogen and oxygen atoms in total. The third-order valence-corrected chi connectivity index (χ3v) is 1.93. The number of nitrogens with zero attached hydrogens (tertiary/aromatic N) is 2. The third kappa shape index (κ3) is 1.41. The van der Waals surface area contributed by atoms with Crippen LogP contribution in [0.4, 0.5) is 5.82 Å². The number of carbonyl (C=O) groups is 1. The monoisotopic (exact) mass is 205 g/mol. The Balaban J connectivity index is 2.91. The molecule has 2 aromatic rings. The van der Waals surface area contributed by atoms with Gasteiger partial charge in [0, 0.05) is 6.07 Å². The Kier molecular flexibility index (Phi) is 1.89. The molecule has 0 radical (unpaired) electrons. The second-order valence-corrected chi connectivity index (χ2v) is 2.93. The van der Waals surface area contributed by atoms with E-state index in [-0.39, 0.29) is 17.2 Å². The van der Waals surface area contributed by atoms with Gasteiger partial charge < -0.3 is 10.8 Å². The van der Waals surface area contributed by atoms with Gasteiger partial charge in [-0.25, -0.2) is 14.2 Å². The summed E-state index contributed by atoms with van der Waals surface area (Å²) >= 11 is 0. The average Bonchev–Trinajstić information content (AvgIpc) is 2.17. The molecule has 0 aliphatic carbocycles. The molecule has 2 aromatic heterocycles. The fraction of sp³-hybridized carbons (Fsp3) is 0. The molecule has 0 saturated carbocycles. The van der Waals surface area contributed by atoms with E-state index in [0.717, 1.165) is 10.5 Å². The van der Waals surface area contributed by atoms with Crippen molar-refractivity contribution in [3.05, 3.63) is 40.3 Å². The van der Waals surface area contributed by atoms with Gasteiger partial charge >= 0.3 is 5.97 Å². The number of nitrogen functional groups attached to an aromatic ring is 1. The highest BCUT2D eigenvalue weighted by molar-refractivity contribution is 5.85. The van der Waals surface area contributed by atoms with E-state index in [9.17, 15) is 9.59 Å². The van der Waals surface area contributed by atoms with Gasteiger partial charge in [-0.05, 0) is 12.1 Å². The number of pyridine rings is 1. The van der Waals surface area contributed by atoms with E-state index in [1.807, 2.05) is 0 Å². The van der Waals surface area contributed by atoms with E-state index in [2.05, 4.69) is 4.98 Å². The van der Waals surface area contributed by atoms with Crippen molar-refractivity contribution >= 4 is 17.4 Å². The predicted molar refractivity (Wildman–Crippen MR) is 52.8 cm³/mol. The predicted octanol–water partition coefficient (Wildman–Crippen LogP) is -0.0251. The first-order valence-corrected chi connectivity index (χ1v) is 4.11. The number of carboxylic acids is 1. The zero-order chi connectivity index (χ0) is 11.0. The minimum absolute atomic E-state index is 0.222. The lowest BCUT2D eigenvalue weighted by molar-refractivity contribution is 0.0690. The molecule has 2 heterocycles. The van der Waals surface area contributed by atoms with Gasteiger partial charge in [0.25, 0.3) is 5.56 Å². The molecule has 0 amide bonds. The van der Waals surface area contributed by atoms with Crippen molar-refractivity contribution in [1.82, 2.24) is 9.38 Å². The zero-order valence-electron chi connectivity index (χ0n) is 7.54. The number of carboxylic acid groups (broad SMARTS) is 1. The molecule has 3 N–H and O–H groups in total. The Bertz CT molecular complexity index is 603. The fourth-order valence-corrected chi connectivity index (χ4v) is 1.29. The summed E-state index contributed by atoms with van der Waals surface area (Å²) in [5.74, 6) is -1.01. The number of anilines is 1. The second kappa shape index (κ2) is 3.09. The summed E-state index contributed by atoms with van der Waals surface area (Å²) in [5, 5.41) is 8.70. The van der Waals surface area contributed by atoms with Gasteiger partial charge in [0.15, 0.2) is 5.69 Å². The molecular weight excluding hydrogens is 198 g/mol. The largest absolute Gasteiger partial charge is 0.477 e. The fourth-order valence-electron chi connectivity index (χ4n) is 1.29. The molecule has 6 heteroatoms. The molecule has 76 valence electrons. The Morgan fingerprint density at radius 1 is 1.47 bits per heavy atom. The van der Waals surface area contributed by atoms with Crippen molar-refractivity contribution in [3.8, 4) is 0 Å². The highest BCUT2D eigenvalue weighted by Gasteiger charge is 2.09. The molecule has 0 bridgehead atoms. The van der Waals surface area contributed by atoms with E-state index in [1.165, 1.54) is 12.1 Å². The number of fused-ring (bicyclic) bond motifs is 1. The average molecular weight is 205 g/mol.